The van der Waals surface area contributed by atoms with Crippen LogP contribution in [0.2, 0.25) is 0 Å². The summed E-state index contributed by atoms with van der Waals surface area (Å²) in [6.07, 6.45) is 7.89. The summed E-state index contributed by atoms with van der Waals surface area (Å²) >= 11 is 0. The highest BCUT2D eigenvalue weighted by molar-refractivity contribution is 6.00. The highest BCUT2D eigenvalue weighted by Gasteiger charge is 2.42. The van der Waals surface area contributed by atoms with Gasteiger partial charge in [-0.15, -0.1) is 5.10 Å². The summed E-state index contributed by atoms with van der Waals surface area (Å²) in [6, 6.07) is 8.98. The fourth-order valence-electron chi connectivity index (χ4n) is 5.23. The fourth-order valence-corrected chi connectivity index (χ4v) is 5.23. The number of rotatable bonds is 10. The number of nitrogens with zero attached hydrogens (tertiary/aromatic N) is 4. The molecule has 2 aromatic heterocycles. The van der Waals surface area contributed by atoms with E-state index in [2.05, 4.69) is 20.5 Å². The molecule has 7 rings (SSSR count). The van der Waals surface area contributed by atoms with Crippen molar-refractivity contribution < 1.29 is 24.5 Å². The number of anilines is 1. The molecule has 2 bridgehead atoms. The maximum absolute atomic E-state index is 13.4. The maximum atomic E-state index is 13.4. The van der Waals surface area contributed by atoms with Crippen LogP contribution in [-0.4, -0.2) is 67.1 Å². The molecule has 0 spiro atoms. The Morgan fingerprint density at radius 2 is 2.14 bits per heavy atom. The van der Waals surface area contributed by atoms with Crippen LogP contribution in [0.4, 0.5) is 5.82 Å². The summed E-state index contributed by atoms with van der Waals surface area (Å²) in [4.78, 5) is 16.6. The minimum absolute atomic E-state index is 0.141. The van der Waals surface area contributed by atoms with E-state index < -0.39 is 12.1 Å². The van der Waals surface area contributed by atoms with Gasteiger partial charge in [-0.3, -0.25) is 14.5 Å². The van der Waals surface area contributed by atoms with E-state index in [4.69, 9.17) is 14.6 Å². The first-order valence-corrected chi connectivity index (χ1v) is 12.7. The van der Waals surface area contributed by atoms with Crippen molar-refractivity contribution >= 4 is 28.5 Å². The van der Waals surface area contributed by atoms with Gasteiger partial charge in [0.2, 0.25) is 11.7 Å². The van der Waals surface area contributed by atoms with Crippen LogP contribution in [0.1, 0.15) is 32.1 Å². The molecule has 3 aromatic rings. The zero-order chi connectivity index (χ0) is 25.4. The Morgan fingerprint density at radius 3 is 2.92 bits per heavy atom. The van der Waals surface area contributed by atoms with E-state index >= 15 is 0 Å². The van der Waals surface area contributed by atoms with Gasteiger partial charge in [0.05, 0.1) is 25.8 Å². The van der Waals surface area contributed by atoms with E-state index in [1.165, 1.54) is 17.5 Å². The molecule has 0 radical (unpaired) electrons. The normalized spacial score (nSPS) is 18.9. The molecule has 1 aliphatic carbocycles. The van der Waals surface area contributed by atoms with E-state index in [-0.39, 0.29) is 19.1 Å². The zero-order valence-corrected chi connectivity index (χ0v) is 20.3. The first-order chi connectivity index (χ1) is 18.1. The van der Waals surface area contributed by atoms with Gasteiger partial charge in [-0.1, -0.05) is 31.7 Å². The summed E-state index contributed by atoms with van der Waals surface area (Å²) in [5, 5.41) is 33.3. The highest BCUT2D eigenvalue weighted by Crippen LogP contribution is 2.36. The number of aliphatic hydroxyl groups excluding tert-OH is 2. The molecule has 1 unspecified atom stereocenters. The number of carbonyl (C=O) groups is 1. The third-order valence-electron chi connectivity index (χ3n) is 7.15. The molecule has 11 nitrogen and oxygen atoms in total. The Morgan fingerprint density at radius 1 is 1.27 bits per heavy atom. The molecule has 194 valence electrons. The standard InChI is InChI=1S/C26H30N6O5/c33-15-17(34)13-31-11-9-23(29-31)28-25(35)20(12-16-4-1-2-5-16)32-14-22-24(26(30-32)37-22)36-21-7-3-6-19-18(21)8-10-27-19/h3,6-11,16-17,20,27,33-34H,1-2,4-5,12-15H2,(H,28,29,35)/t17-,20?/m1/s1. The zero-order valence-electron chi connectivity index (χ0n) is 20.3. The average molecular weight is 507 g/mol. The fraction of sp³-hybridized carbons (Fsp3) is 0.423. The Bertz CT molecular complexity index is 1350. The van der Waals surface area contributed by atoms with Crippen LogP contribution < -0.4 is 10.1 Å². The minimum Gasteiger partial charge on any atom is -0.447 e. The molecule has 1 saturated carbocycles. The molecule has 1 fully saturated rings. The van der Waals surface area contributed by atoms with Crippen LogP contribution in [-0.2, 0) is 16.1 Å². The van der Waals surface area contributed by atoms with Crippen LogP contribution in [0.5, 0.6) is 5.75 Å². The number of hydrogen-bond donors (Lipinski definition) is 4. The largest absolute Gasteiger partial charge is 0.447 e. The van der Waals surface area contributed by atoms with Crippen molar-refractivity contribution in [1.29, 1.82) is 0 Å². The highest BCUT2D eigenvalue weighted by atomic mass is 16.6. The molecule has 37 heavy (non-hydrogen) atoms. The van der Waals surface area contributed by atoms with Crippen molar-refractivity contribution in [3.05, 3.63) is 54.2 Å². The van der Waals surface area contributed by atoms with Crippen molar-refractivity contribution in [3.63, 3.8) is 0 Å². The summed E-state index contributed by atoms with van der Waals surface area (Å²) in [5.41, 5.74) is 0.985. The molecular formula is C26H30N6O5. The second-order valence-electron chi connectivity index (χ2n) is 9.80. The average Bonchev–Trinajstić information content (AvgIpc) is 3.68. The maximum Gasteiger partial charge on any atom is 0.283 e. The molecule has 2 atom stereocenters. The predicted octanol–water partition coefficient (Wildman–Crippen LogP) is 2.55. The lowest BCUT2D eigenvalue weighted by molar-refractivity contribution is -0.122. The Kier molecular flexibility index (Phi) is 6.31. The van der Waals surface area contributed by atoms with Crippen molar-refractivity contribution in [2.75, 3.05) is 18.5 Å². The summed E-state index contributed by atoms with van der Waals surface area (Å²) < 4.78 is 13.4. The van der Waals surface area contributed by atoms with Crippen molar-refractivity contribution in [2.24, 2.45) is 11.0 Å². The van der Waals surface area contributed by atoms with Gasteiger partial charge in [0.25, 0.3) is 5.90 Å². The second kappa shape index (κ2) is 9.91. The van der Waals surface area contributed by atoms with Gasteiger partial charge in [-0.25, -0.2) is 0 Å². The smallest absolute Gasteiger partial charge is 0.283 e. The van der Waals surface area contributed by atoms with Crippen LogP contribution in [0, 0.1) is 5.92 Å². The molecule has 3 aliphatic heterocycles. The second-order valence-corrected chi connectivity index (χ2v) is 9.80. The molecule has 4 N–H and O–H groups in total. The molecule has 1 aromatic carbocycles. The quantitative estimate of drug-likeness (QED) is 0.332. The summed E-state index contributed by atoms with van der Waals surface area (Å²) in [6.45, 7) is 0.122. The van der Waals surface area contributed by atoms with Gasteiger partial charge in [-0.05, 0) is 30.5 Å². The number of ether oxygens (including phenoxy) is 2. The monoisotopic (exact) mass is 506 g/mol. The van der Waals surface area contributed by atoms with E-state index in [1.807, 2.05) is 30.5 Å². The third-order valence-corrected chi connectivity index (χ3v) is 7.15. The van der Waals surface area contributed by atoms with Crippen molar-refractivity contribution in [3.8, 4) is 5.75 Å². The van der Waals surface area contributed by atoms with Crippen LogP contribution in [0.25, 0.3) is 10.9 Å². The van der Waals surface area contributed by atoms with Crippen LogP contribution >= 0.6 is 0 Å². The molecule has 4 aliphatic rings. The lowest BCUT2D eigenvalue weighted by Gasteiger charge is -2.38. The number of hydrogen-bond acceptors (Lipinski definition) is 8. The number of benzene rings is 1. The first-order valence-electron chi connectivity index (χ1n) is 12.7. The Balaban J connectivity index is 1.17. The molecule has 5 heterocycles. The summed E-state index contributed by atoms with van der Waals surface area (Å²) in [5.74, 6) is 3.02. The van der Waals surface area contributed by atoms with Crippen molar-refractivity contribution in [1.82, 2.24) is 19.8 Å². The minimum atomic E-state index is -0.914. The number of H-pyrrole nitrogens is 1. The van der Waals surface area contributed by atoms with Gasteiger partial charge in [0.15, 0.2) is 11.6 Å². The number of aliphatic hydroxyl groups is 2. The molecule has 11 heteroatoms. The van der Waals surface area contributed by atoms with Gasteiger partial charge >= 0.3 is 0 Å². The number of amides is 1. The van der Waals surface area contributed by atoms with Crippen LogP contribution in [0.15, 0.2) is 59.3 Å². The first kappa shape index (κ1) is 23.6. The van der Waals surface area contributed by atoms with Gasteiger partial charge < -0.3 is 30.0 Å². The van der Waals surface area contributed by atoms with Gasteiger partial charge in [0.1, 0.15) is 11.8 Å². The van der Waals surface area contributed by atoms with Crippen LogP contribution in [0.3, 0.4) is 0 Å². The number of carbonyl (C=O) groups excluding carboxylic acids is 1. The predicted molar refractivity (Wildman–Crippen MR) is 135 cm³/mol. The lowest BCUT2D eigenvalue weighted by atomic mass is 9.97. The molecular weight excluding hydrogens is 476 g/mol. The number of hydrazone groups is 1. The molecule has 1 amide bonds. The number of aromatic nitrogens is 3. The van der Waals surface area contributed by atoms with E-state index in [9.17, 15) is 9.90 Å². The molecule has 0 saturated heterocycles. The van der Waals surface area contributed by atoms with Gasteiger partial charge in [0, 0.05) is 29.4 Å². The third kappa shape index (κ3) is 4.79. The number of fused-ring (bicyclic) bond motifs is 3. The van der Waals surface area contributed by atoms with Crippen molar-refractivity contribution in [2.45, 2.75) is 50.8 Å². The summed E-state index contributed by atoms with van der Waals surface area (Å²) in [7, 11) is 0. The SMILES string of the molecule is O=C(Nc1ccn(C[C@@H](O)CO)n1)C(CC1CCCC1)N1CC2=C(Oc3cccc4[nH]ccc34)C(=N1)O2. The lowest BCUT2D eigenvalue weighted by Crippen LogP contribution is -2.49. The number of aromatic amines is 1. The van der Waals surface area contributed by atoms with E-state index in [0.717, 1.165) is 29.5 Å². The van der Waals surface area contributed by atoms with E-state index in [0.29, 0.717) is 42.1 Å². The van der Waals surface area contributed by atoms with E-state index in [1.54, 1.807) is 17.3 Å². The Hall–Kier alpha value is -3.83. The van der Waals surface area contributed by atoms with Gasteiger partial charge in [-0.2, -0.15) is 5.10 Å². The topological polar surface area (TPSA) is 137 Å². The number of nitrogens with one attached hydrogen (secondary N) is 2. The Labute approximate surface area is 213 Å².